The zero-order valence-electron chi connectivity index (χ0n) is 3.05. The first-order valence-electron chi connectivity index (χ1n) is 0. The van der Waals surface area contributed by atoms with Gasteiger partial charge in [-0.25, -0.2) is 0 Å². The van der Waals surface area contributed by atoms with Gasteiger partial charge >= 0.3 is 107 Å². The topological polar surface area (TPSA) is 90.0 Å². The average molecular weight is 224 g/mol. The first-order valence-corrected chi connectivity index (χ1v) is 0. The first kappa shape index (κ1) is 41.6. The van der Waals surface area contributed by atoms with Crippen LogP contribution in [0.2, 0.25) is 0 Å². The van der Waals surface area contributed by atoms with Gasteiger partial charge in [0, 0.05) is 0 Å². The summed E-state index contributed by atoms with van der Waals surface area (Å²) in [7, 11) is 0. The van der Waals surface area contributed by atoms with Crippen molar-refractivity contribution < 1.29 is 85.3 Å². The fraction of sp³-hybridized carbons (Fsp3) is 0. The van der Waals surface area contributed by atoms with Crippen molar-refractivity contribution in [2.24, 2.45) is 0 Å². The molecule has 24 valence electrons. The van der Waals surface area contributed by atoms with Crippen molar-refractivity contribution in [3.8, 4) is 0 Å². The minimum absolute atomic E-state index is 0. The molecule has 3 nitrogen and oxygen atoms in total. The van der Waals surface area contributed by atoms with Crippen LogP contribution in [-0.2, 0) is 0 Å². The summed E-state index contributed by atoms with van der Waals surface area (Å²) in [5, 5.41) is 0. The van der Waals surface area contributed by atoms with Crippen molar-refractivity contribution in [3.63, 3.8) is 0 Å². The van der Waals surface area contributed by atoms with E-state index in [1.165, 1.54) is 0 Å². The zero-order valence-corrected chi connectivity index (χ0v) is 11.5. The third kappa shape index (κ3) is 19.0. The third-order valence-electron chi connectivity index (χ3n) is 0. The maximum Gasteiger partial charge on any atom is 2.00 e. The molecule has 0 fully saturated rings. The molecule has 0 aromatic heterocycles. The fourth-order valence-corrected chi connectivity index (χ4v) is 0. The summed E-state index contributed by atoms with van der Waals surface area (Å²) in [6, 6.07) is 0. The molecule has 0 saturated heterocycles. The molecule has 0 heterocycles. The predicted molar refractivity (Wildman–Crippen MR) is 11.6 cm³/mol. The van der Waals surface area contributed by atoms with Crippen LogP contribution in [0.5, 0.6) is 0 Å². The van der Waals surface area contributed by atoms with Crippen molar-refractivity contribution in [3.05, 3.63) is 0 Å². The van der Waals surface area contributed by atoms with E-state index in [0.29, 0.717) is 0 Å². The Balaban J connectivity index is 0. The maximum atomic E-state index is 0. The monoisotopic (exact) mass is 224 g/mol. The SMILES string of the molecule is [Ca+2].[Cs+].[OH-].[OH-].[OH-]. The minimum Gasteiger partial charge on any atom is -0.870 e. The van der Waals surface area contributed by atoms with Gasteiger partial charge in [0.15, 0.2) is 0 Å². The summed E-state index contributed by atoms with van der Waals surface area (Å²) in [5.41, 5.74) is 0. The van der Waals surface area contributed by atoms with E-state index in [4.69, 9.17) is 0 Å². The molecule has 0 amide bonds. The standard InChI is InChI=1S/Ca.Cs.3H2O/h;;3*1H2/q+2;+1;;;/p-3. The van der Waals surface area contributed by atoms with Crippen LogP contribution in [0.25, 0.3) is 0 Å². The summed E-state index contributed by atoms with van der Waals surface area (Å²) >= 11 is 0. The number of hydrogen-bond donors (Lipinski definition) is 0. The molecule has 5 heteroatoms. The molecule has 0 saturated carbocycles. The molecule has 0 aromatic carbocycles. The quantitative estimate of drug-likeness (QED) is 0.394. The van der Waals surface area contributed by atoms with Gasteiger partial charge in [0.1, 0.15) is 0 Å². The summed E-state index contributed by atoms with van der Waals surface area (Å²) in [5.74, 6) is 0. The molecule has 0 unspecified atom stereocenters. The molecule has 5 heavy (non-hydrogen) atoms. The maximum absolute atomic E-state index is 0. The van der Waals surface area contributed by atoms with E-state index in [9.17, 15) is 0 Å². The van der Waals surface area contributed by atoms with Crippen LogP contribution in [0, 0.1) is 0 Å². The molecule has 0 aromatic rings. The van der Waals surface area contributed by atoms with Crippen molar-refractivity contribution in [2.75, 3.05) is 0 Å². The minimum atomic E-state index is 0. The van der Waals surface area contributed by atoms with Gasteiger partial charge in [0.25, 0.3) is 0 Å². The van der Waals surface area contributed by atoms with Crippen LogP contribution in [0.3, 0.4) is 0 Å². The van der Waals surface area contributed by atoms with Crippen molar-refractivity contribution >= 4 is 37.7 Å². The van der Waals surface area contributed by atoms with Crippen LogP contribution in [0.15, 0.2) is 0 Å². The van der Waals surface area contributed by atoms with E-state index in [0.717, 1.165) is 0 Å². The molecule has 0 aliphatic carbocycles. The number of hydrogen-bond acceptors (Lipinski definition) is 3. The Bertz CT molecular complexity index is 6.85. The van der Waals surface area contributed by atoms with Crippen LogP contribution in [-0.4, -0.2) is 54.2 Å². The van der Waals surface area contributed by atoms with E-state index in [-0.39, 0.29) is 123 Å². The zero-order chi connectivity index (χ0) is 0. The molecular formula is H3CaCsO3. The molecule has 0 atom stereocenters. The molecule has 0 radical (unpaired) electrons. The van der Waals surface area contributed by atoms with Gasteiger partial charge in [-0.15, -0.1) is 0 Å². The molecular weight excluding hydrogens is 221 g/mol. The van der Waals surface area contributed by atoms with Crippen LogP contribution in [0.4, 0.5) is 0 Å². The van der Waals surface area contributed by atoms with E-state index < -0.39 is 0 Å². The normalized spacial score (nSPS) is 0. The van der Waals surface area contributed by atoms with E-state index in [1.54, 1.807) is 0 Å². The van der Waals surface area contributed by atoms with Crippen molar-refractivity contribution in [2.45, 2.75) is 0 Å². The Morgan fingerprint density at radius 2 is 0.600 bits per heavy atom. The summed E-state index contributed by atoms with van der Waals surface area (Å²) in [4.78, 5) is 0. The summed E-state index contributed by atoms with van der Waals surface area (Å²) in [6.07, 6.45) is 0. The molecule has 0 bridgehead atoms. The average Bonchev–Trinajstić information content (AvgIpc) is 0. The van der Waals surface area contributed by atoms with Crippen LogP contribution < -0.4 is 68.9 Å². The summed E-state index contributed by atoms with van der Waals surface area (Å²) < 4.78 is 0. The van der Waals surface area contributed by atoms with Gasteiger partial charge in [0.2, 0.25) is 0 Å². The molecule has 0 spiro atoms. The molecule has 0 aliphatic rings. The van der Waals surface area contributed by atoms with Crippen LogP contribution >= 0.6 is 0 Å². The van der Waals surface area contributed by atoms with Crippen molar-refractivity contribution in [1.82, 2.24) is 0 Å². The smallest absolute Gasteiger partial charge is 0.870 e. The van der Waals surface area contributed by atoms with E-state index in [1.807, 2.05) is 0 Å². The molecule has 0 aliphatic heterocycles. The second-order valence-electron chi connectivity index (χ2n) is 0. The van der Waals surface area contributed by atoms with Gasteiger partial charge in [0.05, 0.1) is 0 Å². The Labute approximate surface area is 119 Å². The molecule has 0 rings (SSSR count). The Morgan fingerprint density at radius 1 is 0.600 bits per heavy atom. The second-order valence-corrected chi connectivity index (χ2v) is 0. The largest absolute Gasteiger partial charge is 2.00 e. The van der Waals surface area contributed by atoms with E-state index >= 15 is 0 Å². The summed E-state index contributed by atoms with van der Waals surface area (Å²) in [6.45, 7) is 0. The van der Waals surface area contributed by atoms with Gasteiger partial charge in [-0.1, -0.05) is 0 Å². The molecule has 3 N–H and O–H groups in total. The van der Waals surface area contributed by atoms with Crippen molar-refractivity contribution in [1.29, 1.82) is 0 Å². The van der Waals surface area contributed by atoms with E-state index in [2.05, 4.69) is 0 Å². The van der Waals surface area contributed by atoms with Gasteiger partial charge in [-0.05, 0) is 0 Å². The van der Waals surface area contributed by atoms with Crippen LogP contribution in [0.1, 0.15) is 0 Å². The third-order valence-corrected chi connectivity index (χ3v) is 0. The van der Waals surface area contributed by atoms with Gasteiger partial charge < -0.3 is 16.4 Å². The second kappa shape index (κ2) is 27.1. The fourth-order valence-electron chi connectivity index (χ4n) is 0. The first-order chi connectivity index (χ1) is 0. The Morgan fingerprint density at radius 3 is 0.600 bits per heavy atom. The van der Waals surface area contributed by atoms with Gasteiger partial charge in [-0.3, -0.25) is 0 Å². The van der Waals surface area contributed by atoms with Gasteiger partial charge in [-0.2, -0.15) is 0 Å². The number of rotatable bonds is 0. The predicted octanol–water partition coefficient (Wildman–Crippen LogP) is -3.91. The Hall–Kier alpha value is 3.19. The Kier molecular flexibility index (Phi) is 225.